The first-order valence-corrected chi connectivity index (χ1v) is 8.22. The van der Waals surface area contributed by atoms with Gasteiger partial charge in [0.25, 0.3) is 0 Å². The molecule has 10 heteroatoms. The molecule has 0 bridgehead atoms. The Morgan fingerprint density at radius 2 is 2.17 bits per heavy atom. The number of aryl methyl sites for hydroxylation is 1. The number of hydrogen-bond acceptors (Lipinski definition) is 4. The lowest BCUT2D eigenvalue weighted by molar-refractivity contribution is -0.187. The van der Waals surface area contributed by atoms with Crippen molar-refractivity contribution in [3.63, 3.8) is 0 Å². The van der Waals surface area contributed by atoms with Crippen LogP contribution in [0.3, 0.4) is 0 Å². The number of alkyl halides is 3. The lowest BCUT2D eigenvalue weighted by atomic mass is 9.96. The fourth-order valence-corrected chi connectivity index (χ4v) is 3.45. The maximum atomic E-state index is 12.9. The minimum absolute atomic E-state index is 0.0797. The van der Waals surface area contributed by atoms with Gasteiger partial charge in [-0.25, -0.2) is 9.78 Å². The molecule has 3 atom stereocenters. The second kappa shape index (κ2) is 6.96. The number of carbonyl (C=O) groups is 2. The molecule has 1 saturated heterocycles. The lowest BCUT2D eigenvalue weighted by Gasteiger charge is -2.19. The Bertz CT molecular complexity index is 620. The molecule has 0 saturated carbocycles. The van der Waals surface area contributed by atoms with E-state index in [1.54, 1.807) is 0 Å². The zero-order valence-electron chi connectivity index (χ0n) is 13.1. The molecule has 1 aliphatic heterocycles. The van der Waals surface area contributed by atoms with E-state index in [0.717, 1.165) is 15.6 Å². The summed E-state index contributed by atoms with van der Waals surface area (Å²) in [6.07, 6.45) is -4.65. The van der Waals surface area contributed by atoms with Crippen molar-refractivity contribution in [2.75, 3.05) is 19.6 Å². The van der Waals surface area contributed by atoms with Crippen LogP contribution in [0.2, 0.25) is 0 Å². The molecule has 134 valence electrons. The van der Waals surface area contributed by atoms with E-state index in [1.165, 1.54) is 11.3 Å². The van der Waals surface area contributed by atoms with Crippen LogP contribution in [-0.2, 0) is 4.79 Å². The molecule has 0 radical (unpaired) electrons. The van der Waals surface area contributed by atoms with Crippen LogP contribution in [0.1, 0.15) is 23.5 Å². The van der Waals surface area contributed by atoms with Gasteiger partial charge in [0, 0.05) is 36.6 Å². The summed E-state index contributed by atoms with van der Waals surface area (Å²) >= 11 is 1.45. The first-order chi connectivity index (χ1) is 11.1. The van der Waals surface area contributed by atoms with Crippen LogP contribution in [0, 0.1) is 18.8 Å². The van der Waals surface area contributed by atoms with E-state index in [4.69, 9.17) is 5.11 Å². The van der Waals surface area contributed by atoms with Gasteiger partial charge in [-0.1, -0.05) is 6.92 Å². The molecule has 0 aliphatic carbocycles. The number of thiazole rings is 1. The van der Waals surface area contributed by atoms with E-state index in [0.29, 0.717) is 0 Å². The number of carboxylic acids is 1. The van der Waals surface area contributed by atoms with Crippen molar-refractivity contribution in [3.05, 3.63) is 16.1 Å². The maximum Gasteiger partial charge on any atom is 0.394 e. The number of nitrogens with one attached hydrogen (secondary N) is 1. The zero-order chi connectivity index (χ0) is 18.1. The highest BCUT2D eigenvalue weighted by Gasteiger charge is 2.53. The summed E-state index contributed by atoms with van der Waals surface area (Å²) in [5, 5.41) is 14.2. The predicted molar refractivity (Wildman–Crippen MR) is 80.9 cm³/mol. The quantitative estimate of drug-likeness (QED) is 0.859. The van der Waals surface area contributed by atoms with Crippen molar-refractivity contribution in [1.29, 1.82) is 0 Å². The smallest absolute Gasteiger partial charge is 0.394 e. The minimum Gasteiger partial charge on any atom is -0.481 e. The van der Waals surface area contributed by atoms with Crippen LogP contribution < -0.4 is 5.32 Å². The van der Waals surface area contributed by atoms with Crippen molar-refractivity contribution >= 4 is 23.3 Å². The zero-order valence-corrected chi connectivity index (χ0v) is 13.9. The third-order valence-corrected chi connectivity index (χ3v) is 5.16. The minimum atomic E-state index is -4.65. The van der Waals surface area contributed by atoms with Crippen molar-refractivity contribution in [2.24, 2.45) is 11.8 Å². The molecule has 1 aliphatic rings. The van der Waals surface area contributed by atoms with Crippen molar-refractivity contribution in [2.45, 2.75) is 25.9 Å². The molecule has 1 fully saturated rings. The number of amides is 2. The third-order valence-electron chi connectivity index (χ3n) is 3.96. The summed E-state index contributed by atoms with van der Waals surface area (Å²) in [7, 11) is 0. The summed E-state index contributed by atoms with van der Waals surface area (Å²) in [5.41, 5.74) is 0.866. The molecule has 1 aromatic heterocycles. The van der Waals surface area contributed by atoms with Gasteiger partial charge in [0.1, 0.15) is 0 Å². The number of aromatic nitrogens is 1. The van der Waals surface area contributed by atoms with E-state index in [-0.39, 0.29) is 12.5 Å². The first-order valence-electron chi connectivity index (χ1n) is 7.34. The van der Waals surface area contributed by atoms with Crippen molar-refractivity contribution in [3.8, 4) is 0 Å². The lowest BCUT2D eigenvalue weighted by Crippen LogP contribution is -2.40. The number of urea groups is 1. The second-order valence-corrected chi connectivity index (χ2v) is 6.80. The Balaban J connectivity index is 1.94. The topological polar surface area (TPSA) is 82.5 Å². The molecule has 0 spiro atoms. The molecule has 6 nitrogen and oxygen atoms in total. The number of nitrogens with zero attached hydrogens (tertiary/aromatic N) is 2. The van der Waals surface area contributed by atoms with Crippen molar-refractivity contribution < 1.29 is 27.9 Å². The number of likely N-dealkylation sites (tertiary alicyclic amines) is 1. The molecule has 0 aromatic carbocycles. The summed E-state index contributed by atoms with van der Waals surface area (Å²) in [6, 6.07) is -0.687. The van der Waals surface area contributed by atoms with Gasteiger partial charge in [0.05, 0.1) is 16.8 Å². The predicted octanol–water partition coefficient (Wildman–Crippen LogP) is 2.46. The Hall–Kier alpha value is -1.84. The van der Waals surface area contributed by atoms with Crippen LogP contribution >= 0.6 is 11.3 Å². The highest BCUT2D eigenvalue weighted by molar-refractivity contribution is 7.09. The Morgan fingerprint density at radius 1 is 1.50 bits per heavy atom. The summed E-state index contributed by atoms with van der Waals surface area (Å²) < 4.78 is 38.8. The van der Waals surface area contributed by atoms with Crippen molar-refractivity contribution in [1.82, 2.24) is 15.2 Å². The van der Waals surface area contributed by atoms with Crippen LogP contribution in [-0.4, -0.2) is 52.8 Å². The van der Waals surface area contributed by atoms with Crippen LogP contribution in [0.25, 0.3) is 0 Å². The standard InChI is InChI=1S/C14H18F3N3O3S/c1-7(11-19-8(2)6-24-11)3-18-13(23)20-4-9(12(21)22)10(5-20)14(15,16)17/h6-7,9-10H,3-5H2,1-2H3,(H,18,23)(H,21,22)/t7?,9-,10-/m1/s1. The number of carbonyl (C=O) groups excluding carboxylic acids is 1. The number of aliphatic carboxylic acids is 1. The molecule has 24 heavy (non-hydrogen) atoms. The largest absolute Gasteiger partial charge is 0.481 e. The van der Waals surface area contributed by atoms with Gasteiger partial charge in [0.15, 0.2) is 0 Å². The monoisotopic (exact) mass is 365 g/mol. The SMILES string of the molecule is Cc1csc(C(C)CNC(=O)N2C[C@@H](C(F)(F)F)[C@H](C(=O)O)C2)n1. The molecule has 1 unspecified atom stereocenters. The van der Waals surface area contributed by atoms with Gasteiger partial charge in [-0.3, -0.25) is 4.79 Å². The number of halogens is 3. The Morgan fingerprint density at radius 3 is 2.62 bits per heavy atom. The van der Waals surface area contributed by atoms with Gasteiger partial charge in [-0.2, -0.15) is 13.2 Å². The highest BCUT2D eigenvalue weighted by Crippen LogP contribution is 2.37. The van der Waals surface area contributed by atoms with E-state index >= 15 is 0 Å². The molecule has 2 N–H and O–H groups in total. The highest BCUT2D eigenvalue weighted by atomic mass is 32.1. The average molecular weight is 365 g/mol. The normalized spacial score (nSPS) is 22.5. The van der Waals surface area contributed by atoms with Gasteiger partial charge in [-0.15, -0.1) is 11.3 Å². The van der Waals surface area contributed by atoms with Crippen LogP contribution in [0.15, 0.2) is 5.38 Å². The van der Waals surface area contributed by atoms with E-state index in [9.17, 15) is 22.8 Å². The Kier molecular flexibility index (Phi) is 5.36. The van der Waals surface area contributed by atoms with E-state index < -0.39 is 43.1 Å². The molecule has 1 aromatic rings. The fraction of sp³-hybridized carbons (Fsp3) is 0.643. The van der Waals surface area contributed by atoms with Crippen LogP contribution in [0.4, 0.5) is 18.0 Å². The summed E-state index contributed by atoms with van der Waals surface area (Å²) in [4.78, 5) is 28.3. The number of carboxylic acid groups (broad SMARTS) is 1. The molecular weight excluding hydrogens is 347 g/mol. The summed E-state index contributed by atoms with van der Waals surface area (Å²) in [5.74, 6) is -5.29. The van der Waals surface area contributed by atoms with E-state index in [1.807, 2.05) is 19.2 Å². The maximum absolute atomic E-state index is 12.9. The van der Waals surface area contributed by atoms with Gasteiger partial charge in [-0.05, 0) is 6.92 Å². The number of rotatable bonds is 4. The second-order valence-electron chi connectivity index (χ2n) is 5.91. The third kappa shape index (κ3) is 4.16. The van der Waals surface area contributed by atoms with Gasteiger partial charge < -0.3 is 15.3 Å². The fourth-order valence-electron chi connectivity index (χ4n) is 2.59. The molecule has 2 rings (SSSR count). The molecule has 2 amide bonds. The average Bonchev–Trinajstić information content (AvgIpc) is 3.10. The molecular formula is C14H18F3N3O3S. The van der Waals surface area contributed by atoms with Gasteiger partial charge >= 0.3 is 18.2 Å². The van der Waals surface area contributed by atoms with E-state index in [2.05, 4.69) is 10.3 Å². The summed E-state index contributed by atoms with van der Waals surface area (Å²) in [6.45, 7) is 2.82. The Labute approximate surface area is 140 Å². The molecule has 2 heterocycles. The first kappa shape index (κ1) is 18.5. The number of hydrogen-bond donors (Lipinski definition) is 2. The van der Waals surface area contributed by atoms with Crippen LogP contribution in [0.5, 0.6) is 0 Å². The van der Waals surface area contributed by atoms with Gasteiger partial charge in [0.2, 0.25) is 0 Å².